The van der Waals surface area contributed by atoms with Crippen LogP contribution in [0, 0.1) is 0 Å². The van der Waals surface area contributed by atoms with Crippen LogP contribution in [-0.4, -0.2) is 67.0 Å². The SMILES string of the molecule is CN1CCN(CCNC(=O)c2cc(Cl)ncc2N)CC1. The molecule has 1 saturated heterocycles. The number of pyridine rings is 1. The molecule has 20 heavy (non-hydrogen) atoms. The van der Waals surface area contributed by atoms with Gasteiger partial charge in [-0.05, 0) is 13.1 Å². The Kier molecular flexibility index (Phi) is 5.17. The van der Waals surface area contributed by atoms with Crippen molar-refractivity contribution in [3.05, 3.63) is 23.0 Å². The zero-order valence-corrected chi connectivity index (χ0v) is 12.4. The van der Waals surface area contributed by atoms with E-state index in [1.54, 1.807) is 0 Å². The lowest BCUT2D eigenvalue weighted by Gasteiger charge is -2.32. The Labute approximate surface area is 123 Å². The van der Waals surface area contributed by atoms with Gasteiger partial charge in [-0.1, -0.05) is 11.6 Å². The van der Waals surface area contributed by atoms with Crippen LogP contribution >= 0.6 is 11.6 Å². The van der Waals surface area contributed by atoms with Crippen molar-refractivity contribution in [2.45, 2.75) is 0 Å². The molecule has 7 heteroatoms. The number of aromatic nitrogens is 1. The third-order valence-corrected chi connectivity index (χ3v) is 3.66. The Bertz CT molecular complexity index is 474. The van der Waals surface area contributed by atoms with Gasteiger partial charge in [-0.3, -0.25) is 9.69 Å². The van der Waals surface area contributed by atoms with Crippen molar-refractivity contribution in [1.29, 1.82) is 0 Å². The van der Waals surface area contributed by atoms with Gasteiger partial charge in [0.25, 0.3) is 5.91 Å². The number of carbonyl (C=O) groups excluding carboxylic acids is 1. The molecule has 1 aromatic rings. The fraction of sp³-hybridized carbons (Fsp3) is 0.538. The second kappa shape index (κ2) is 6.88. The van der Waals surface area contributed by atoms with Crippen LogP contribution in [0.3, 0.4) is 0 Å². The lowest BCUT2D eigenvalue weighted by Crippen LogP contribution is -2.46. The average Bonchev–Trinajstić information content (AvgIpc) is 2.43. The van der Waals surface area contributed by atoms with E-state index in [0.29, 0.717) is 17.8 Å². The van der Waals surface area contributed by atoms with Crippen LogP contribution in [0.2, 0.25) is 5.15 Å². The number of piperazine rings is 1. The number of halogens is 1. The fourth-order valence-corrected chi connectivity index (χ4v) is 2.29. The molecule has 0 spiro atoms. The van der Waals surface area contributed by atoms with Gasteiger partial charge in [0.05, 0.1) is 17.4 Å². The monoisotopic (exact) mass is 297 g/mol. The summed E-state index contributed by atoms with van der Waals surface area (Å²) in [7, 11) is 2.12. The molecule has 0 unspecified atom stereocenters. The lowest BCUT2D eigenvalue weighted by molar-refractivity contribution is 0.0942. The van der Waals surface area contributed by atoms with Gasteiger partial charge in [0, 0.05) is 39.3 Å². The summed E-state index contributed by atoms with van der Waals surface area (Å²) >= 11 is 5.77. The summed E-state index contributed by atoms with van der Waals surface area (Å²) in [5, 5.41) is 3.13. The van der Waals surface area contributed by atoms with Crippen molar-refractivity contribution >= 4 is 23.2 Å². The normalized spacial score (nSPS) is 17.1. The topological polar surface area (TPSA) is 74.5 Å². The number of likely N-dealkylation sites (N-methyl/N-ethyl adjacent to an activating group) is 1. The molecule has 0 atom stereocenters. The van der Waals surface area contributed by atoms with Gasteiger partial charge >= 0.3 is 0 Å². The number of nitrogen functional groups attached to an aromatic ring is 1. The van der Waals surface area contributed by atoms with E-state index >= 15 is 0 Å². The highest BCUT2D eigenvalue weighted by molar-refractivity contribution is 6.29. The average molecular weight is 298 g/mol. The number of carbonyl (C=O) groups is 1. The molecular weight excluding hydrogens is 278 g/mol. The van der Waals surface area contributed by atoms with Crippen molar-refractivity contribution in [3.63, 3.8) is 0 Å². The summed E-state index contributed by atoms with van der Waals surface area (Å²) in [6, 6.07) is 1.49. The first-order valence-corrected chi connectivity index (χ1v) is 7.04. The predicted molar refractivity (Wildman–Crippen MR) is 79.9 cm³/mol. The van der Waals surface area contributed by atoms with Crippen molar-refractivity contribution in [1.82, 2.24) is 20.1 Å². The van der Waals surface area contributed by atoms with E-state index in [9.17, 15) is 4.79 Å². The fourth-order valence-electron chi connectivity index (χ4n) is 2.13. The van der Waals surface area contributed by atoms with E-state index in [2.05, 4.69) is 27.1 Å². The van der Waals surface area contributed by atoms with Gasteiger partial charge in [-0.15, -0.1) is 0 Å². The molecule has 110 valence electrons. The molecule has 2 rings (SSSR count). The molecule has 1 aliphatic heterocycles. The first-order valence-electron chi connectivity index (χ1n) is 6.66. The van der Waals surface area contributed by atoms with Crippen LogP contribution < -0.4 is 11.1 Å². The van der Waals surface area contributed by atoms with E-state index in [-0.39, 0.29) is 11.1 Å². The smallest absolute Gasteiger partial charge is 0.253 e. The number of rotatable bonds is 4. The third-order valence-electron chi connectivity index (χ3n) is 3.46. The molecule has 1 fully saturated rings. The molecular formula is C13H20ClN5O. The van der Waals surface area contributed by atoms with E-state index in [4.69, 9.17) is 17.3 Å². The summed E-state index contributed by atoms with van der Waals surface area (Å²) in [6.07, 6.45) is 1.40. The van der Waals surface area contributed by atoms with Gasteiger partial charge in [0.1, 0.15) is 5.15 Å². The predicted octanol–water partition coefficient (Wildman–Crippen LogP) is 0.294. The first-order chi connectivity index (χ1) is 9.56. The molecule has 6 nitrogen and oxygen atoms in total. The van der Waals surface area contributed by atoms with Gasteiger partial charge in [0.15, 0.2) is 0 Å². The Morgan fingerprint density at radius 3 is 2.85 bits per heavy atom. The number of hydrogen-bond donors (Lipinski definition) is 2. The second-order valence-corrected chi connectivity index (χ2v) is 5.38. The molecule has 3 N–H and O–H groups in total. The third kappa shape index (κ3) is 4.06. The number of nitrogens with zero attached hydrogens (tertiary/aromatic N) is 3. The Hall–Kier alpha value is -1.37. The van der Waals surface area contributed by atoms with Gasteiger partial charge in [0.2, 0.25) is 0 Å². The van der Waals surface area contributed by atoms with Crippen LogP contribution in [0.15, 0.2) is 12.3 Å². The quantitative estimate of drug-likeness (QED) is 0.782. The zero-order valence-electron chi connectivity index (χ0n) is 11.6. The molecule has 0 bridgehead atoms. The summed E-state index contributed by atoms with van der Waals surface area (Å²) in [6.45, 7) is 5.66. The van der Waals surface area contributed by atoms with E-state index in [0.717, 1.165) is 32.7 Å². The van der Waals surface area contributed by atoms with Crippen LogP contribution in [0.25, 0.3) is 0 Å². The summed E-state index contributed by atoms with van der Waals surface area (Å²) < 4.78 is 0. The highest BCUT2D eigenvalue weighted by Gasteiger charge is 2.14. The molecule has 0 radical (unpaired) electrons. The van der Waals surface area contributed by atoms with E-state index in [1.165, 1.54) is 12.3 Å². The lowest BCUT2D eigenvalue weighted by atomic mass is 10.2. The van der Waals surface area contributed by atoms with Crippen molar-refractivity contribution < 1.29 is 4.79 Å². The number of nitrogens with one attached hydrogen (secondary N) is 1. The number of anilines is 1. The maximum atomic E-state index is 12.0. The van der Waals surface area contributed by atoms with Crippen LogP contribution in [0.4, 0.5) is 5.69 Å². The number of amides is 1. The summed E-state index contributed by atoms with van der Waals surface area (Å²) in [4.78, 5) is 20.5. The van der Waals surface area contributed by atoms with Crippen LogP contribution in [0.1, 0.15) is 10.4 Å². The Balaban J connectivity index is 1.79. The molecule has 0 aromatic carbocycles. The molecule has 1 aliphatic rings. The summed E-state index contributed by atoms with van der Waals surface area (Å²) in [5.74, 6) is -0.207. The van der Waals surface area contributed by atoms with Crippen LogP contribution in [0.5, 0.6) is 0 Å². The van der Waals surface area contributed by atoms with Gasteiger partial charge < -0.3 is 16.0 Å². The summed E-state index contributed by atoms with van der Waals surface area (Å²) in [5.41, 5.74) is 6.44. The number of nitrogens with two attached hydrogens (primary N) is 1. The Morgan fingerprint density at radius 1 is 1.45 bits per heavy atom. The minimum Gasteiger partial charge on any atom is -0.397 e. The standard InChI is InChI=1S/C13H20ClN5O/c1-18-4-6-19(7-5-18)3-2-16-13(20)10-8-12(14)17-9-11(10)15/h8-9H,2-7,15H2,1H3,(H,16,20). The van der Waals surface area contributed by atoms with Gasteiger partial charge in [-0.25, -0.2) is 4.98 Å². The van der Waals surface area contributed by atoms with Crippen molar-refractivity contribution in [3.8, 4) is 0 Å². The molecule has 1 amide bonds. The molecule has 2 heterocycles. The van der Waals surface area contributed by atoms with E-state index in [1.807, 2.05) is 0 Å². The largest absolute Gasteiger partial charge is 0.397 e. The highest BCUT2D eigenvalue weighted by Crippen LogP contribution is 2.14. The zero-order chi connectivity index (χ0) is 14.5. The minimum atomic E-state index is -0.207. The maximum absolute atomic E-state index is 12.0. The van der Waals surface area contributed by atoms with Crippen molar-refractivity contribution in [2.24, 2.45) is 0 Å². The molecule has 0 aliphatic carbocycles. The molecule has 0 saturated carbocycles. The maximum Gasteiger partial charge on any atom is 0.253 e. The van der Waals surface area contributed by atoms with Crippen molar-refractivity contribution in [2.75, 3.05) is 52.0 Å². The van der Waals surface area contributed by atoms with E-state index < -0.39 is 0 Å². The molecule has 1 aromatic heterocycles. The highest BCUT2D eigenvalue weighted by atomic mass is 35.5. The number of hydrogen-bond acceptors (Lipinski definition) is 5. The second-order valence-electron chi connectivity index (χ2n) is 5.00. The minimum absolute atomic E-state index is 0.207. The first kappa shape index (κ1) is 15.0. The van der Waals surface area contributed by atoms with Crippen LogP contribution in [-0.2, 0) is 0 Å². The van der Waals surface area contributed by atoms with Gasteiger partial charge in [-0.2, -0.15) is 0 Å². The Morgan fingerprint density at radius 2 is 2.15 bits per heavy atom.